The summed E-state index contributed by atoms with van der Waals surface area (Å²) in [7, 11) is 2.18. The van der Waals surface area contributed by atoms with Crippen LogP contribution in [-0.2, 0) is 0 Å². The van der Waals surface area contributed by atoms with Gasteiger partial charge in [-0.05, 0) is 44.3 Å². The van der Waals surface area contributed by atoms with E-state index in [2.05, 4.69) is 21.8 Å². The van der Waals surface area contributed by atoms with Gasteiger partial charge in [-0.1, -0.05) is 0 Å². The lowest BCUT2D eigenvalue weighted by Gasteiger charge is -2.32. The third-order valence-corrected chi connectivity index (χ3v) is 3.72. The van der Waals surface area contributed by atoms with E-state index in [1.807, 2.05) is 24.3 Å². The molecule has 4 N–H and O–H groups in total. The Morgan fingerprint density at radius 3 is 2.45 bits per heavy atom. The van der Waals surface area contributed by atoms with Crippen molar-refractivity contribution >= 4 is 11.5 Å². The van der Waals surface area contributed by atoms with Crippen LogP contribution in [0.1, 0.15) is 12.0 Å². The van der Waals surface area contributed by atoms with Gasteiger partial charge < -0.3 is 21.3 Å². The quantitative estimate of drug-likeness (QED) is 0.357. The maximum absolute atomic E-state index is 5.97. The van der Waals surface area contributed by atoms with Crippen molar-refractivity contribution in [2.75, 3.05) is 52.0 Å². The molecule has 5 nitrogen and oxygen atoms in total. The van der Waals surface area contributed by atoms with Crippen molar-refractivity contribution in [1.82, 2.24) is 9.80 Å². The Hall–Kier alpha value is -1.59. The number of rotatable bonds is 5. The summed E-state index contributed by atoms with van der Waals surface area (Å²) >= 11 is 0. The second-order valence-electron chi connectivity index (χ2n) is 5.39. The molecule has 0 atom stereocenters. The average Bonchev–Trinajstić information content (AvgIpc) is 2.46. The van der Waals surface area contributed by atoms with Gasteiger partial charge in [0.2, 0.25) is 0 Å². The summed E-state index contributed by atoms with van der Waals surface area (Å²) in [4.78, 5) is 9.30. The number of likely N-dealkylation sites (N-methyl/N-ethyl adjacent to an activating group) is 1. The maximum atomic E-state index is 5.97. The highest BCUT2D eigenvalue weighted by Gasteiger charge is 2.12. The molecule has 5 heteroatoms. The van der Waals surface area contributed by atoms with Gasteiger partial charge in [0, 0.05) is 44.0 Å². The van der Waals surface area contributed by atoms with Crippen molar-refractivity contribution < 1.29 is 0 Å². The van der Waals surface area contributed by atoms with Crippen LogP contribution in [0.2, 0.25) is 0 Å². The number of piperazine rings is 1. The fourth-order valence-corrected chi connectivity index (χ4v) is 2.31. The molecule has 1 aromatic rings. The van der Waals surface area contributed by atoms with Gasteiger partial charge in [0.1, 0.15) is 5.84 Å². The zero-order valence-corrected chi connectivity index (χ0v) is 12.3. The number of hydrogen-bond donors (Lipinski definition) is 2. The molecule has 1 saturated heterocycles. The van der Waals surface area contributed by atoms with E-state index in [9.17, 15) is 0 Å². The highest BCUT2D eigenvalue weighted by molar-refractivity contribution is 5.97. The van der Waals surface area contributed by atoms with Crippen LogP contribution in [0.4, 0.5) is 5.69 Å². The summed E-state index contributed by atoms with van der Waals surface area (Å²) in [5.41, 5.74) is 13.3. The van der Waals surface area contributed by atoms with E-state index in [0.29, 0.717) is 5.84 Å². The summed E-state index contributed by atoms with van der Waals surface area (Å²) in [6.07, 6.45) is 1.05. The SMILES string of the molecule is CN1CCN(CCCN=C(N)c2ccc(N)cc2)CC1. The molecule has 1 aromatic carbocycles. The predicted octanol–water partition coefficient (Wildman–Crippen LogP) is 0.612. The molecule has 1 aliphatic heterocycles. The molecule has 0 aliphatic carbocycles. The molecule has 1 heterocycles. The highest BCUT2D eigenvalue weighted by Crippen LogP contribution is 2.05. The van der Waals surface area contributed by atoms with Gasteiger partial charge in [0.25, 0.3) is 0 Å². The number of anilines is 1. The molecule has 1 fully saturated rings. The summed E-state index contributed by atoms with van der Waals surface area (Å²) in [5, 5.41) is 0. The normalized spacial score (nSPS) is 18.4. The first-order chi connectivity index (χ1) is 9.65. The van der Waals surface area contributed by atoms with Gasteiger partial charge in [-0.3, -0.25) is 4.99 Å². The first-order valence-electron chi connectivity index (χ1n) is 7.22. The topological polar surface area (TPSA) is 70.9 Å². The predicted molar refractivity (Wildman–Crippen MR) is 85.0 cm³/mol. The van der Waals surface area contributed by atoms with Gasteiger partial charge in [-0.2, -0.15) is 0 Å². The Balaban J connectivity index is 1.71. The Bertz CT molecular complexity index is 432. The maximum Gasteiger partial charge on any atom is 0.125 e. The minimum absolute atomic E-state index is 0.600. The lowest BCUT2D eigenvalue weighted by molar-refractivity contribution is 0.153. The third-order valence-electron chi connectivity index (χ3n) is 3.72. The van der Waals surface area contributed by atoms with Gasteiger partial charge in [-0.25, -0.2) is 0 Å². The second-order valence-corrected chi connectivity index (χ2v) is 5.39. The zero-order chi connectivity index (χ0) is 14.4. The van der Waals surface area contributed by atoms with Gasteiger partial charge in [0.15, 0.2) is 0 Å². The van der Waals surface area contributed by atoms with E-state index in [-0.39, 0.29) is 0 Å². The monoisotopic (exact) mass is 275 g/mol. The molecular formula is C15H25N5. The minimum atomic E-state index is 0.600. The van der Waals surface area contributed by atoms with Gasteiger partial charge in [-0.15, -0.1) is 0 Å². The molecule has 0 saturated carbocycles. The number of amidine groups is 1. The summed E-state index contributed by atoms with van der Waals surface area (Å²) < 4.78 is 0. The molecular weight excluding hydrogens is 250 g/mol. The number of hydrogen-bond acceptors (Lipinski definition) is 4. The van der Waals surface area contributed by atoms with Gasteiger partial charge >= 0.3 is 0 Å². The van der Waals surface area contributed by atoms with E-state index in [0.717, 1.165) is 56.9 Å². The number of nitrogen functional groups attached to an aromatic ring is 1. The number of aliphatic imine (C=N–C) groups is 1. The second kappa shape index (κ2) is 7.26. The van der Waals surface area contributed by atoms with Crippen LogP contribution < -0.4 is 11.5 Å². The summed E-state index contributed by atoms with van der Waals surface area (Å²) in [6.45, 7) is 6.53. The zero-order valence-electron chi connectivity index (χ0n) is 12.3. The van der Waals surface area contributed by atoms with E-state index >= 15 is 0 Å². The van der Waals surface area contributed by atoms with Crippen LogP contribution in [0.25, 0.3) is 0 Å². The molecule has 0 unspecified atom stereocenters. The van der Waals surface area contributed by atoms with Crippen LogP contribution >= 0.6 is 0 Å². The van der Waals surface area contributed by atoms with E-state index in [1.54, 1.807) is 0 Å². The number of nitrogens with zero attached hydrogens (tertiary/aromatic N) is 3. The lowest BCUT2D eigenvalue weighted by atomic mass is 10.2. The molecule has 0 bridgehead atoms. The van der Waals surface area contributed by atoms with Gasteiger partial charge in [0.05, 0.1) is 0 Å². The van der Waals surface area contributed by atoms with Crippen molar-refractivity contribution in [2.24, 2.45) is 10.7 Å². The molecule has 0 aromatic heterocycles. The van der Waals surface area contributed by atoms with Crippen molar-refractivity contribution in [2.45, 2.75) is 6.42 Å². The molecule has 2 rings (SSSR count). The fraction of sp³-hybridized carbons (Fsp3) is 0.533. The Labute approximate surface area is 121 Å². The molecule has 0 spiro atoms. The van der Waals surface area contributed by atoms with E-state index in [4.69, 9.17) is 11.5 Å². The number of nitrogens with two attached hydrogens (primary N) is 2. The third kappa shape index (κ3) is 4.51. The van der Waals surface area contributed by atoms with Crippen LogP contribution in [0.15, 0.2) is 29.3 Å². The average molecular weight is 275 g/mol. The number of benzene rings is 1. The van der Waals surface area contributed by atoms with Crippen molar-refractivity contribution in [3.63, 3.8) is 0 Å². The van der Waals surface area contributed by atoms with E-state index < -0.39 is 0 Å². The standard InChI is InChI=1S/C15H25N5/c1-19-9-11-20(12-10-19)8-2-7-18-15(17)13-3-5-14(16)6-4-13/h3-6H,2,7-12,16H2,1H3,(H2,17,18). The Kier molecular flexibility index (Phi) is 5.38. The molecule has 0 amide bonds. The minimum Gasteiger partial charge on any atom is -0.399 e. The Morgan fingerprint density at radius 1 is 1.15 bits per heavy atom. The molecule has 20 heavy (non-hydrogen) atoms. The first kappa shape index (κ1) is 14.8. The van der Waals surface area contributed by atoms with E-state index in [1.165, 1.54) is 0 Å². The summed E-state index contributed by atoms with van der Waals surface area (Å²) in [6, 6.07) is 7.52. The summed E-state index contributed by atoms with van der Waals surface area (Å²) in [5.74, 6) is 0.600. The first-order valence-corrected chi connectivity index (χ1v) is 7.22. The largest absolute Gasteiger partial charge is 0.399 e. The van der Waals surface area contributed by atoms with Crippen LogP contribution in [0.3, 0.4) is 0 Å². The molecule has 0 radical (unpaired) electrons. The van der Waals surface area contributed by atoms with Crippen LogP contribution in [0, 0.1) is 0 Å². The smallest absolute Gasteiger partial charge is 0.125 e. The molecule has 1 aliphatic rings. The van der Waals surface area contributed by atoms with Crippen molar-refractivity contribution in [1.29, 1.82) is 0 Å². The Morgan fingerprint density at radius 2 is 1.80 bits per heavy atom. The van der Waals surface area contributed by atoms with Crippen molar-refractivity contribution in [3.8, 4) is 0 Å². The highest BCUT2D eigenvalue weighted by atomic mass is 15.2. The van der Waals surface area contributed by atoms with Crippen LogP contribution in [0.5, 0.6) is 0 Å². The lowest BCUT2D eigenvalue weighted by Crippen LogP contribution is -2.44. The molecule has 110 valence electrons. The van der Waals surface area contributed by atoms with Crippen molar-refractivity contribution in [3.05, 3.63) is 29.8 Å². The van der Waals surface area contributed by atoms with Crippen LogP contribution in [-0.4, -0.2) is 62.0 Å². The fourth-order valence-electron chi connectivity index (χ4n) is 2.31.